The van der Waals surface area contributed by atoms with E-state index in [1.54, 1.807) is 0 Å². The molecule has 2 atom stereocenters. The van der Waals surface area contributed by atoms with Gasteiger partial charge in [0.05, 0.1) is 17.7 Å². The molecule has 0 aliphatic heterocycles. The van der Waals surface area contributed by atoms with Crippen molar-refractivity contribution in [1.29, 1.82) is 0 Å². The molecular weight excluding hydrogens is 262 g/mol. The van der Waals surface area contributed by atoms with Gasteiger partial charge in [0.1, 0.15) is 5.82 Å². The quantitative estimate of drug-likeness (QED) is 0.814. The van der Waals surface area contributed by atoms with Crippen LogP contribution in [0.1, 0.15) is 24.1 Å². The summed E-state index contributed by atoms with van der Waals surface area (Å²) in [5.74, 6) is -0.820. The number of aliphatic hydroxyl groups is 1. The van der Waals surface area contributed by atoms with Crippen LogP contribution >= 0.6 is 12.4 Å². The van der Waals surface area contributed by atoms with Gasteiger partial charge < -0.3 is 10.8 Å². The lowest BCUT2D eigenvalue weighted by Crippen LogP contribution is -2.26. The highest BCUT2D eigenvalue weighted by atomic mass is 35.5. The van der Waals surface area contributed by atoms with Crippen molar-refractivity contribution in [3.05, 3.63) is 35.1 Å². The molecule has 0 radical (unpaired) electrons. The average Bonchev–Trinajstić information content (AvgIpc) is 2.14. The van der Waals surface area contributed by atoms with Gasteiger partial charge >= 0.3 is 6.18 Å². The van der Waals surface area contributed by atoms with Gasteiger partial charge in [0.25, 0.3) is 0 Å². The van der Waals surface area contributed by atoms with Gasteiger partial charge in [-0.25, -0.2) is 4.39 Å². The lowest BCUT2D eigenvalue weighted by molar-refractivity contribution is -0.138. The molecule has 0 amide bonds. The number of halogens is 5. The van der Waals surface area contributed by atoms with E-state index in [0.29, 0.717) is 18.2 Å². The van der Waals surface area contributed by atoms with E-state index in [4.69, 9.17) is 10.8 Å². The molecule has 7 heteroatoms. The standard InChI is InChI=1S/C10H11F4NO.ClH/c1-5(16)9(15)7-4-6(11)2-3-8(7)10(12,13)14;/h2-5,9,16H,15H2,1H3;1H/t5-,9-;/m0./s1. The molecule has 0 fully saturated rings. The van der Waals surface area contributed by atoms with E-state index in [-0.39, 0.29) is 12.4 Å². The number of hydrogen-bond donors (Lipinski definition) is 2. The zero-order valence-electron chi connectivity index (χ0n) is 8.83. The van der Waals surface area contributed by atoms with Gasteiger partial charge in [-0.15, -0.1) is 12.4 Å². The number of nitrogens with two attached hydrogens (primary N) is 1. The first kappa shape index (κ1) is 16.1. The molecule has 0 aliphatic rings. The molecule has 3 N–H and O–H groups in total. The first-order valence-corrected chi connectivity index (χ1v) is 4.53. The van der Waals surface area contributed by atoms with Crippen LogP contribution < -0.4 is 5.73 Å². The van der Waals surface area contributed by atoms with Crippen LogP contribution in [0, 0.1) is 5.82 Å². The van der Waals surface area contributed by atoms with Crippen LogP contribution in [0.5, 0.6) is 0 Å². The molecule has 0 saturated carbocycles. The third-order valence-electron chi connectivity index (χ3n) is 2.20. The van der Waals surface area contributed by atoms with E-state index in [9.17, 15) is 17.6 Å². The third kappa shape index (κ3) is 3.83. The number of aliphatic hydroxyl groups excluding tert-OH is 1. The molecule has 17 heavy (non-hydrogen) atoms. The Bertz CT molecular complexity index is 381. The van der Waals surface area contributed by atoms with Crippen molar-refractivity contribution in [3.8, 4) is 0 Å². The van der Waals surface area contributed by atoms with Crippen LogP contribution in [-0.2, 0) is 6.18 Å². The zero-order chi connectivity index (χ0) is 12.5. The molecule has 0 heterocycles. The molecule has 98 valence electrons. The summed E-state index contributed by atoms with van der Waals surface area (Å²) in [4.78, 5) is 0. The second kappa shape index (κ2) is 5.66. The third-order valence-corrected chi connectivity index (χ3v) is 2.20. The maximum atomic E-state index is 12.9. The molecule has 0 aliphatic carbocycles. The van der Waals surface area contributed by atoms with Crippen LogP contribution in [-0.4, -0.2) is 11.2 Å². The number of alkyl halides is 3. The van der Waals surface area contributed by atoms with Gasteiger partial charge in [-0.05, 0) is 30.7 Å². The summed E-state index contributed by atoms with van der Waals surface area (Å²) >= 11 is 0. The zero-order valence-corrected chi connectivity index (χ0v) is 9.65. The molecule has 0 bridgehead atoms. The molecule has 0 aromatic heterocycles. The Morgan fingerprint density at radius 2 is 1.82 bits per heavy atom. The Balaban J connectivity index is 0.00000256. The highest BCUT2D eigenvalue weighted by molar-refractivity contribution is 5.85. The van der Waals surface area contributed by atoms with Crippen LogP contribution in [0.3, 0.4) is 0 Å². The summed E-state index contributed by atoms with van der Waals surface area (Å²) in [5, 5.41) is 9.14. The highest BCUT2D eigenvalue weighted by Crippen LogP contribution is 2.35. The normalized spacial score (nSPS) is 15.0. The monoisotopic (exact) mass is 273 g/mol. The fraction of sp³-hybridized carbons (Fsp3) is 0.400. The number of hydrogen-bond acceptors (Lipinski definition) is 2. The van der Waals surface area contributed by atoms with Crippen LogP contribution in [0.15, 0.2) is 18.2 Å². The second-order valence-corrected chi connectivity index (χ2v) is 3.50. The minimum absolute atomic E-state index is 0. The minimum Gasteiger partial charge on any atom is -0.391 e. The predicted molar refractivity (Wildman–Crippen MR) is 57.3 cm³/mol. The van der Waals surface area contributed by atoms with Gasteiger partial charge in [-0.1, -0.05) is 0 Å². The Morgan fingerprint density at radius 1 is 1.29 bits per heavy atom. The van der Waals surface area contributed by atoms with Crippen LogP contribution in [0.4, 0.5) is 17.6 Å². The fourth-order valence-corrected chi connectivity index (χ4v) is 1.33. The SMILES string of the molecule is C[C@H](O)[C@H](N)c1cc(F)ccc1C(F)(F)F.Cl. The van der Waals surface area contributed by atoms with Crippen LogP contribution in [0.2, 0.25) is 0 Å². The minimum atomic E-state index is -4.62. The van der Waals surface area contributed by atoms with Crippen molar-refractivity contribution in [2.75, 3.05) is 0 Å². The van der Waals surface area contributed by atoms with Gasteiger partial charge in [0.15, 0.2) is 0 Å². The summed E-state index contributed by atoms with van der Waals surface area (Å²) in [6, 6.07) is 0.751. The Kier molecular flexibility index (Phi) is 5.38. The molecule has 1 aromatic carbocycles. The van der Waals surface area contributed by atoms with E-state index in [2.05, 4.69) is 0 Å². The Morgan fingerprint density at radius 3 is 2.24 bits per heavy atom. The summed E-state index contributed by atoms with van der Waals surface area (Å²) in [6.45, 7) is 1.25. The summed E-state index contributed by atoms with van der Waals surface area (Å²) in [7, 11) is 0. The van der Waals surface area contributed by atoms with Crippen molar-refractivity contribution in [3.63, 3.8) is 0 Å². The molecule has 1 rings (SSSR count). The lowest BCUT2D eigenvalue weighted by atomic mass is 9.97. The maximum absolute atomic E-state index is 12.9. The van der Waals surface area contributed by atoms with Crippen molar-refractivity contribution in [1.82, 2.24) is 0 Å². The topological polar surface area (TPSA) is 46.2 Å². The van der Waals surface area contributed by atoms with Crippen molar-refractivity contribution >= 4 is 12.4 Å². The highest BCUT2D eigenvalue weighted by Gasteiger charge is 2.35. The van der Waals surface area contributed by atoms with E-state index in [0.717, 1.165) is 0 Å². The van der Waals surface area contributed by atoms with Gasteiger partial charge in [0, 0.05) is 0 Å². The van der Waals surface area contributed by atoms with E-state index in [1.807, 2.05) is 0 Å². The maximum Gasteiger partial charge on any atom is 0.416 e. The number of benzene rings is 1. The summed E-state index contributed by atoms with van der Waals surface area (Å²) in [5.41, 5.74) is 3.92. The largest absolute Gasteiger partial charge is 0.416 e. The van der Waals surface area contributed by atoms with Crippen molar-refractivity contribution in [2.45, 2.75) is 25.2 Å². The van der Waals surface area contributed by atoms with Crippen molar-refractivity contribution in [2.24, 2.45) is 5.73 Å². The average molecular weight is 274 g/mol. The summed E-state index contributed by atoms with van der Waals surface area (Å²) < 4.78 is 50.5. The van der Waals surface area contributed by atoms with E-state index in [1.165, 1.54) is 6.92 Å². The second-order valence-electron chi connectivity index (χ2n) is 3.50. The first-order chi connectivity index (χ1) is 7.23. The van der Waals surface area contributed by atoms with Crippen LogP contribution in [0.25, 0.3) is 0 Å². The van der Waals surface area contributed by atoms with Gasteiger partial charge in [-0.2, -0.15) is 13.2 Å². The molecule has 2 nitrogen and oxygen atoms in total. The van der Waals surface area contributed by atoms with Gasteiger partial charge in [0.2, 0.25) is 0 Å². The molecule has 0 spiro atoms. The lowest BCUT2D eigenvalue weighted by Gasteiger charge is -2.20. The summed E-state index contributed by atoms with van der Waals surface area (Å²) in [6.07, 6.45) is -5.81. The van der Waals surface area contributed by atoms with Crippen molar-refractivity contribution < 1.29 is 22.7 Å². The van der Waals surface area contributed by atoms with E-state index < -0.39 is 35.3 Å². The molecule has 0 saturated heterocycles. The van der Waals surface area contributed by atoms with Gasteiger partial charge in [-0.3, -0.25) is 0 Å². The molecule has 1 aromatic rings. The Labute approximate surface area is 102 Å². The molecular formula is C10H12ClF4NO. The number of rotatable bonds is 2. The smallest absolute Gasteiger partial charge is 0.391 e. The predicted octanol–water partition coefficient (Wildman–Crippen LogP) is 2.65. The Hall–Kier alpha value is -0.850. The fourth-order valence-electron chi connectivity index (χ4n) is 1.33. The molecule has 0 unspecified atom stereocenters. The first-order valence-electron chi connectivity index (χ1n) is 4.53. The van der Waals surface area contributed by atoms with E-state index >= 15 is 0 Å².